The topological polar surface area (TPSA) is 87.7 Å². The summed E-state index contributed by atoms with van der Waals surface area (Å²) in [5, 5.41) is 13.8. The van der Waals surface area contributed by atoms with Gasteiger partial charge >= 0.3 is 0 Å². The van der Waals surface area contributed by atoms with E-state index in [2.05, 4.69) is 26.4 Å². The van der Waals surface area contributed by atoms with Crippen LogP contribution in [0.25, 0.3) is 0 Å². The Morgan fingerprint density at radius 2 is 1.90 bits per heavy atom. The van der Waals surface area contributed by atoms with Gasteiger partial charge in [-0.1, -0.05) is 34.9 Å². The summed E-state index contributed by atoms with van der Waals surface area (Å²) in [7, 11) is 0. The van der Waals surface area contributed by atoms with Crippen molar-refractivity contribution in [3.63, 3.8) is 0 Å². The quantitative estimate of drug-likeness (QED) is 0.337. The Kier molecular flexibility index (Phi) is 5.43. The largest absolute Gasteiger partial charge is 0.409 e. The maximum Gasteiger partial charge on any atom is 0.257 e. The van der Waals surface area contributed by atoms with E-state index in [4.69, 9.17) is 10.9 Å². The zero-order chi connectivity index (χ0) is 15.4. The summed E-state index contributed by atoms with van der Waals surface area (Å²) < 4.78 is 27.5. The molecular weight excluding hydrogens is 336 g/mol. The van der Waals surface area contributed by atoms with Crippen LogP contribution in [0, 0.1) is 17.6 Å². The van der Waals surface area contributed by atoms with Crippen molar-refractivity contribution in [3.8, 4) is 0 Å². The van der Waals surface area contributed by atoms with Crippen LogP contribution in [0.2, 0.25) is 0 Å². The zero-order valence-corrected chi connectivity index (χ0v) is 12.4. The molecule has 1 amide bonds. The molecule has 0 aliphatic rings. The minimum absolute atomic E-state index is 0.181. The number of hydrogen-bond acceptors (Lipinski definition) is 3. The van der Waals surface area contributed by atoms with Crippen molar-refractivity contribution in [1.29, 1.82) is 0 Å². The molecule has 0 saturated carbocycles. The number of benzene rings is 1. The minimum atomic E-state index is -1.00. The first-order chi connectivity index (χ1) is 9.27. The molecule has 0 heterocycles. The second-order valence-electron chi connectivity index (χ2n) is 4.46. The first kappa shape index (κ1) is 16.4. The predicted molar refractivity (Wildman–Crippen MR) is 73.6 cm³/mol. The van der Waals surface area contributed by atoms with Gasteiger partial charge in [-0.3, -0.25) is 4.79 Å². The standard InChI is InChI=1S/C12H14BrF2N3O2/c1-5(2)10(11(16)18-20)17-12(19)9-7(14)3-6(13)4-8(9)15/h3-5,10,20H,1-2H3,(H2,16,18)(H,17,19). The third-order valence-corrected chi connectivity index (χ3v) is 3.08. The molecule has 0 aliphatic heterocycles. The van der Waals surface area contributed by atoms with E-state index >= 15 is 0 Å². The number of amidine groups is 1. The van der Waals surface area contributed by atoms with Crippen molar-refractivity contribution in [1.82, 2.24) is 5.32 Å². The smallest absolute Gasteiger partial charge is 0.257 e. The Morgan fingerprint density at radius 3 is 2.30 bits per heavy atom. The number of oxime groups is 1. The van der Waals surface area contributed by atoms with Crippen LogP contribution in [-0.2, 0) is 0 Å². The van der Waals surface area contributed by atoms with Gasteiger partial charge in [0, 0.05) is 4.47 Å². The summed E-state index contributed by atoms with van der Waals surface area (Å²) in [4.78, 5) is 11.9. The van der Waals surface area contributed by atoms with Crippen LogP contribution in [0.1, 0.15) is 24.2 Å². The number of carbonyl (C=O) groups excluding carboxylic acids is 1. The Bertz CT molecular complexity index is 526. The molecule has 1 atom stereocenters. The molecule has 0 radical (unpaired) electrons. The second-order valence-corrected chi connectivity index (χ2v) is 5.38. The molecule has 0 fully saturated rings. The van der Waals surface area contributed by atoms with Crippen molar-refractivity contribution in [3.05, 3.63) is 33.8 Å². The molecule has 0 saturated heterocycles. The zero-order valence-electron chi connectivity index (χ0n) is 10.8. The molecule has 0 bridgehead atoms. The van der Waals surface area contributed by atoms with E-state index in [-0.39, 0.29) is 16.2 Å². The van der Waals surface area contributed by atoms with Crippen molar-refractivity contribution < 1.29 is 18.8 Å². The van der Waals surface area contributed by atoms with Crippen molar-refractivity contribution in [2.45, 2.75) is 19.9 Å². The van der Waals surface area contributed by atoms with Crippen molar-refractivity contribution in [2.24, 2.45) is 16.8 Å². The number of rotatable bonds is 4. The van der Waals surface area contributed by atoms with E-state index in [0.717, 1.165) is 12.1 Å². The van der Waals surface area contributed by atoms with Gasteiger partial charge in [0.15, 0.2) is 5.84 Å². The van der Waals surface area contributed by atoms with Crippen LogP contribution in [0.3, 0.4) is 0 Å². The average molecular weight is 350 g/mol. The fraction of sp³-hybridized carbons (Fsp3) is 0.333. The Balaban J connectivity index is 3.07. The van der Waals surface area contributed by atoms with Crippen LogP contribution >= 0.6 is 15.9 Å². The Labute approximate surface area is 123 Å². The van der Waals surface area contributed by atoms with Gasteiger partial charge in [-0.25, -0.2) is 8.78 Å². The van der Waals surface area contributed by atoms with Gasteiger partial charge in [0.1, 0.15) is 17.2 Å². The number of halogens is 3. The fourth-order valence-corrected chi connectivity index (χ4v) is 2.02. The second kappa shape index (κ2) is 6.65. The maximum atomic E-state index is 13.7. The molecule has 0 spiro atoms. The highest BCUT2D eigenvalue weighted by Crippen LogP contribution is 2.19. The van der Waals surface area contributed by atoms with E-state index in [1.807, 2.05) is 0 Å². The first-order valence-electron chi connectivity index (χ1n) is 5.70. The molecule has 4 N–H and O–H groups in total. The van der Waals surface area contributed by atoms with Gasteiger partial charge < -0.3 is 16.3 Å². The maximum absolute atomic E-state index is 13.7. The van der Waals surface area contributed by atoms with Crippen LogP contribution in [0.4, 0.5) is 8.78 Å². The van der Waals surface area contributed by atoms with Crippen LogP contribution in [0.5, 0.6) is 0 Å². The first-order valence-corrected chi connectivity index (χ1v) is 6.50. The van der Waals surface area contributed by atoms with E-state index in [9.17, 15) is 13.6 Å². The summed E-state index contributed by atoms with van der Waals surface area (Å²) in [5.74, 6) is -3.45. The van der Waals surface area contributed by atoms with Crippen LogP contribution in [-0.4, -0.2) is 23.0 Å². The van der Waals surface area contributed by atoms with E-state index in [1.165, 1.54) is 0 Å². The predicted octanol–water partition coefficient (Wildman–Crippen LogP) is 2.23. The van der Waals surface area contributed by atoms with Crippen molar-refractivity contribution in [2.75, 3.05) is 0 Å². The van der Waals surface area contributed by atoms with Gasteiger partial charge in [0.2, 0.25) is 0 Å². The highest BCUT2D eigenvalue weighted by molar-refractivity contribution is 9.10. The Morgan fingerprint density at radius 1 is 1.40 bits per heavy atom. The minimum Gasteiger partial charge on any atom is -0.409 e. The molecular formula is C12H14BrF2N3O2. The van der Waals surface area contributed by atoms with Crippen molar-refractivity contribution >= 4 is 27.7 Å². The summed E-state index contributed by atoms with van der Waals surface area (Å²) in [5.41, 5.74) is 4.72. The molecule has 1 aromatic rings. The lowest BCUT2D eigenvalue weighted by molar-refractivity contribution is 0.0930. The van der Waals surface area contributed by atoms with Gasteiger partial charge in [0.25, 0.3) is 5.91 Å². The molecule has 1 aromatic carbocycles. The summed E-state index contributed by atoms with van der Waals surface area (Å²) in [6, 6.07) is 1.12. The molecule has 0 aromatic heterocycles. The number of hydrogen-bond donors (Lipinski definition) is 3. The third-order valence-electron chi connectivity index (χ3n) is 2.62. The molecule has 20 heavy (non-hydrogen) atoms. The molecule has 1 unspecified atom stereocenters. The average Bonchev–Trinajstić information content (AvgIpc) is 2.33. The van der Waals surface area contributed by atoms with Gasteiger partial charge in [0.05, 0.1) is 6.04 Å². The van der Waals surface area contributed by atoms with E-state index in [0.29, 0.717) is 0 Å². The van der Waals surface area contributed by atoms with Crippen LogP contribution in [0.15, 0.2) is 21.8 Å². The summed E-state index contributed by atoms with van der Waals surface area (Å²) in [6.07, 6.45) is 0. The highest BCUT2D eigenvalue weighted by atomic mass is 79.9. The lowest BCUT2D eigenvalue weighted by atomic mass is 10.0. The fourth-order valence-electron chi connectivity index (χ4n) is 1.62. The summed E-state index contributed by atoms with van der Waals surface area (Å²) >= 11 is 2.92. The van der Waals surface area contributed by atoms with Gasteiger partial charge in [-0.05, 0) is 18.1 Å². The third kappa shape index (κ3) is 3.66. The summed E-state index contributed by atoms with van der Waals surface area (Å²) in [6.45, 7) is 3.41. The molecule has 5 nitrogen and oxygen atoms in total. The lowest BCUT2D eigenvalue weighted by Gasteiger charge is -2.21. The number of carbonyl (C=O) groups is 1. The van der Waals surface area contributed by atoms with Gasteiger partial charge in [-0.15, -0.1) is 0 Å². The van der Waals surface area contributed by atoms with E-state index < -0.39 is 29.1 Å². The SMILES string of the molecule is CC(C)C(NC(=O)c1c(F)cc(Br)cc1F)C(N)=NO. The monoisotopic (exact) mass is 349 g/mol. The number of nitrogens with zero attached hydrogens (tertiary/aromatic N) is 1. The molecule has 1 rings (SSSR count). The Hall–Kier alpha value is -1.70. The normalized spacial score (nSPS) is 13.4. The van der Waals surface area contributed by atoms with E-state index in [1.54, 1.807) is 13.8 Å². The lowest BCUT2D eigenvalue weighted by Crippen LogP contribution is -2.48. The van der Waals surface area contributed by atoms with Crippen LogP contribution < -0.4 is 11.1 Å². The highest BCUT2D eigenvalue weighted by Gasteiger charge is 2.25. The number of nitrogens with one attached hydrogen (secondary N) is 1. The molecule has 110 valence electrons. The molecule has 0 aliphatic carbocycles. The number of nitrogens with two attached hydrogens (primary N) is 1. The molecule has 8 heteroatoms. The van der Waals surface area contributed by atoms with Gasteiger partial charge in [-0.2, -0.15) is 0 Å². The number of amides is 1.